The van der Waals surface area contributed by atoms with E-state index in [2.05, 4.69) is 13.8 Å². The lowest BCUT2D eigenvalue weighted by atomic mass is 10.1. The largest absolute Gasteiger partial charge is 0.463 e. The van der Waals surface area contributed by atoms with Gasteiger partial charge in [-0.05, 0) is 32.1 Å². The number of unbranched alkanes of at least 4 members (excludes halogenated alkanes) is 10. The van der Waals surface area contributed by atoms with Crippen molar-refractivity contribution in [2.45, 2.75) is 148 Å². The number of hydrogen-bond acceptors (Lipinski definition) is 7. The zero-order valence-corrected chi connectivity index (χ0v) is 26.5. The smallest absolute Gasteiger partial charge is 0.305 e. The molecule has 242 valence electrons. The first kappa shape index (κ1) is 39.8. The van der Waals surface area contributed by atoms with Gasteiger partial charge in [-0.3, -0.25) is 9.59 Å². The number of aliphatic hydroxyl groups is 3. The minimum atomic E-state index is -1.05. The van der Waals surface area contributed by atoms with E-state index in [0.29, 0.717) is 19.3 Å². The molecule has 0 saturated carbocycles. The number of rotatable bonds is 28. The molecule has 0 radical (unpaired) electrons. The van der Waals surface area contributed by atoms with Gasteiger partial charge in [0.1, 0.15) is 19.3 Å². The summed E-state index contributed by atoms with van der Waals surface area (Å²) >= 11 is 0. The van der Waals surface area contributed by atoms with E-state index in [4.69, 9.17) is 9.47 Å². The van der Waals surface area contributed by atoms with Crippen LogP contribution in [0.25, 0.3) is 0 Å². The average molecular weight is 593 g/mol. The minimum Gasteiger partial charge on any atom is -0.463 e. The lowest BCUT2D eigenvalue weighted by Crippen LogP contribution is -2.25. The number of ether oxygens (including phenoxy) is 2. The van der Waals surface area contributed by atoms with E-state index < -0.39 is 18.2 Å². The molecule has 0 aliphatic carbocycles. The van der Waals surface area contributed by atoms with Crippen molar-refractivity contribution >= 4 is 11.9 Å². The van der Waals surface area contributed by atoms with Crippen LogP contribution in [0.1, 0.15) is 129 Å². The lowest BCUT2D eigenvalue weighted by Gasteiger charge is -2.12. The van der Waals surface area contributed by atoms with Crippen molar-refractivity contribution in [2.75, 3.05) is 13.2 Å². The van der Waals surface area contributed by atoms with Crippen molar-refractivity contribution < 1.29 is 34.4 Å². The van der Waals surface area contributed by atoms with Crippen LogP contribution in [0.2, 0.25) is 0 Å². The Bertz CT molecular complexity index is 756. The molecular weight excluding hydrogens is 532 g/mol. The summed E-state index contributed by atoms with van der Waals surface area (Å²) in [5.74, 6) is -0.793. The molecule has 3 atom stereocenters. The van der Waals surface area contributed by atoms with Gasteiger partial charge in [0.15, 0.2) is 0 Å². The first-order valence-electron chi connectivity index (χ1n) is 16.4. The van der Waals surface area contributed by atoms with Gasteiger partial charge in [-0.25, -0.2) is 0 Å². The molecule has 0 rings (SSSR count). The third-order valence-electron chi connectivity index (χ3n) is 6.78. The van der Waals surface area contributed by atoms with Gasteiger partial charge in [-0.15, -0.1) is 0 Å². The monoisotopic (exact) mass is 592 g/mol. The predicted molar refractivity (Wildman–Crippen MR) is 171 cm³/mol. The zero-order valence-electron chi connectivity index (χ0n) is 26.5. The molecule has 7 nitrogen and oxygen atoms in total. The molecule has 3 N–H and O–H groups in total. The van der Waals surface area contributed by atoms with Gasteiger partial charge >= 0.3 is 11.9 Å². The molecule has 0 amide bonds. The molecular formula is C35H60O7. The maximum Gasteiger partial charge on any atom is 0.305 e. The molecule has 0 aromatic rings. The molecule has 0 fully saturated rings. The highest BCUT2D eigenvalue weighted by atomic mass is 16.6. The zero-order chi connectivity index (χ0) is 31.1. The predicted octanol–water partition coefficient (Wildman–Crippen LogP) is 7.44. The third kappa shape index (κ3) is 29.3. The molecule has 7 heteroatoms. The molecule has 42 heavy (non-hydrogen) atoms. The second-order valence-corrected chi connectivity index (χ2v) is 11.0. The van der Waals surface area contributed by atoms with Crippen molar-refractivity contribution in [1.82, 2.24) is 0 Å². The van der Waals surface area contributed by atoms with E-state index in [0.717, 1.165) is 51.4 Å². The van der Waals surface area contributed by atoms with E-state index in [1.54, 1.807) is 18.2 Å². The fourth-order valence-electron chi connectivity index (χ4n) is 4.18. The summed E-state index contributed by atoms with van der Waals surface area (Å²) in [6, 6.07) is 0. The summed E-state index contributed by atoms with van der Waals surface area (Å²) in [5.41, 5.74) is 0. The lowest BCUT2D eigenvalue weighted by molar-refractivity contribution is -0.152. The third-order valence-corrected chi connectivity index (χ3v) is 6.78. The number of carbonyl (C=O) groups excluding carboxylic acids is 2. The molecule has 0 aliphatic rings. The minimum absolute atomic E-state index is 0.136. The van der Waals surface area contributed by atoms with Gasteiger partial charge in [0.25, 0.3) is 0 Å². The molecule has 0 spiro atoms. The van der Waals surface area contributed by atoms with Crippen LogP contribution in [-0.4, -0.2) is 58.8 Å². The highest BCUT2D eigenvalue weighted by molar-refractivity contribution is 5.69. The van der Waals surface area contributed by atoms with Crippen LogP contribution in [-0.2, 0) is 19.1 Å². The van der Waals surface area contributed by atoms with Crippen LogP contribution < -0.4 is 0 Å². The topological polar surface area (TPSA) is 113 Å². The first-order valence-corrected chi connectivity index (χ1v) is 16.4. The second kappa shape index (κ2) is 30.2. The van der Waals surface area contributed by atoms with Crippen molar-refractivity contribution in [1.29, 1.82) is 0 Å². The van der Waals surface area contributed by atoms with Crippen LogP contribution in [0.5, 0.6) is 0 Å². The second-order valence-electron chi connectivity index (χ2n) is 11.0. The van der Waals surface area contributed by atoms with Gasteiger partial charge in [0, 0.05) is 12.8 Å². The molecule has 0 unspecified atom stereocenters. The number of aliphatic hydroxyl groups excluding tert-OH is 3. The highest BCUT2D eigenvalue weighted by Gasteiger charge is 2.12. The van der Waals surface area contributed by atoms with Crippen molar-refractivity contribution in [2.24, 2.45) is 0 Å². The first-order chi connectivity index (χ1) is 20.4. The van der Waals surface area contributed by atoms with Crippen LogP contribution in [0, 0.1) is 0 Å². The van der Waals surface area contributed by atoms with Gasteiger partial charge in [0.2, 0.25) is 0 Å². The molecule has 0 aromatic heterocycles. The Morgan fingerprint density at radius 1 is 0.571 bits per heavy atom. The summed E-state index contributed by atoms with van der Waals surface area (Å²) in [7, 11) is 0. The van der Waals surface area contributed by atoms with Gasteiger partial charge in [-0.1, -0.05) is 133 Å². The van der Waals surface area contributed by atoms with E-state index in [1.165, 1.54) is 38.5 Å². The average Bonchev–Trinajstić information content (AvgIpc) is 2.97. The summed E-state index contributed by atoms with van der Waals surface area (Å²) in [4.78, 5) is 23.7. The Kier molecular flexibility index (Phi) is 28.6. The fraction of sp³-hybridized carbons (Fsp3) is 0.714. The Balaban J connectivity index is 3.78. The van der Waals surface area contributed by atoms with Crippen molar-refractivity contribution in [3.05, 3.63) is 48.6 Å². The van der Waals surface area contributed by atoms with Gasteiger partial charge in [-0.2, -0.15) is 0 Å². The number of allylic oxidation sites excluding steroid dienone is 6. The van der Waals surface area contributed by atoms with E-state index in [1.807, 2.05) is 30.4 Å². The summed E-state index contributed by atoms with van der Waals surface area (Å²) in [6.45, 7) is 3.95. The standard InChI is InChI=1S/C35H60O7/c1-3-5-7-8-9-10-14-17-21-27-34(39)41-29-33(38)30-42-35(40)28-22-26-32(37)25-20-16-13-11-12-15-19-24-31(36)23-18-6-4-2/h12-13,15-16,19-20,24-25,31-33,36-38H,3-11,14,17-18,21-23,26-30H2,1-2H3/b15-12-,16-13-,24-19+,25-20+/t31-,32-,33-/m0/s1. The highest BCUT2D eigenvalue weighted by Crippen LogP contribution is 2.11. The Labute approximate surface area is 255 Å². The molecule has 0 aromatic carbocycles. The van der Waals surface area contributed by atoms with Crippen molar-refractivity contribution in [3.63, 3.8) is 0 Å². The van der Waals surface area contributed by atoms with Crippen molar-refractivity contribution in [3.8, 4) is 0 Å². The summed E-state index contributed by atoms with van der Waals surface area (Å²) in [5, 5.41) is 29.8. The molecule has 0 heterocycles. The van der Waals surface area contributed by atoms with E-state index in [9.17, 15) is 24.9 Å². The van der Waals surface area contributed by atoms with E-state index in [-0.39, 0.29) is 31.7 Å². The molecule has 0 bridgehead atoms. The SMILES string of the molecule is CCCCCCCCCCCC(=O)OC[C@H](O)COC(=O)CCC[C@@H](O)/C=C/C=C\C/C=C\C=C\[C@@H](O)CCCCC. The number of esters is 2. The Morgan fingerprint density at radius 2 is 1.00 bits per heavy atom. The molecule has 0 saturated heterocycles. The van der Waals surface area contributed by atoms with Crippen LogP contribution in [0.4, 0.5) is 0 Å². The molecule has 0 aliphatic heterocycles. The van der Waals surface area contributed by atoms with E-state index >= 15 is 0 Å². The van der Waals surface area contributed by atoms with Crippen LogP contribution >= 0.6 is 0 Å². The Hall–Kier alpha value is -2.22. The van der Waals surface area contributed by atoms with Gasteiger partial charge < -0.3 is 24.8 Å². The Morgan fingerprint density at radius 3 is 1.52 bits per heavy atom. The number of hydrogen-bond donors (Lipinski definition) is 3. The normalized spacial score (nSPS) is 14.3. The maximum atomic E-state index is 11.9. The quantitative estimate of drug-likeness (QED) is 0.0491. The fourth-order valence-corrected chi connectivity index (χ4v) is 4.18. The number of carbonyl (C=O) groups is 2. The summed E-state index contributed by atoms with van der Waals surface area (Å²) < 4.78 is 10.1. The van der Waals surface area contributed by atoms with Crippen LogP contribution in [0.15, 0.2) is 48.6 Å². The van der Waals surface area contributed by atoms with Gasteiger partial charge in [0.05, 0.1) is 12.2 Å². The van der Waals surface area contributed by atoms with Crippen LogP contribution in [0.3, 0.4) is 0 Å². The maximum absolute atomic E-state index is 11.9. The summed E-state index contributed by atoms with van der Waals surface area (Å²) in [6.07, 6.45) is 29.5.